The van der Waals surface area contributed by atoms with Gasteiger partial charge in [-0.2, -0.15) is 0 Å². The number of hydrogen-bond donors (Lipinski definition) is 1. The van der Waals surface area contributed by atoms with Gasteiger partial charge in [0.05, 0.1) is 0 Å². The van der Waals surface area contributed by atoms with Gasteiger partial charge in [-0.3, -0.25) is 4.90 Å². The van der Waals surface area contributed by atoms with Crippen LogP contribution >= 0.6 is 12.2 Å². The number of nitrogens with zero attached hydrogens (tertiary/aromatic N) is 2. The normalized spacial score (nSPS) is 28.4. The first-order valence-electron chi connectivity index (χ1n) is 8.54. The van der Waals surface area contributed by atoms with Crippen LogP contribution in [0.1, 0.15) is 58.8 Å². The summed E-state index contributed by atoms with van der Waals surface area (Å²) in [5.74, 6) is 0. The molecule has 0 aromatic heterocycles. The van der Waals surface area contributed by atoms with E-state index in [9.17, 15) is 0 Å². The van der Waals surface area contributed by atoms with Gasteiger partial charge in [0.1, 0.15) is 0 Å². The molecular formula is C16H31N3S. The molecule has 2 fully saturated rings. The van der Waals surface area contributed by atoms with E-state index in [0.29, 0.717) is 12.1 Å². The molecule has 116 valence electrons. The zero-order chi connectivity index (χ0) is 14.4. The fraction of sp³-hybridized carbons (Fsp3) is 0.938. The highest BCUT2D eigenvalue weighted by Crippen LogP contribution is 2.20. The Morgan fingerprint density at radius 1 is 1.05 bits per heavy atom. The summed E-state index contributed by atoms with van der Waals surface area (Å²) in [6, 6.07) is 1.34. The number of likely N-dealkylation sites (tertiary alicyclic amines) is 2. The van der Waals surface area contributed by atoms with Crippen LogP contribution in [-0.2, 0) is 0 Å². The quantitative estimate of drug-likeness (QED) is 0.804. The lowest BCUT2D eigenvalue weighted by Gasteiger charge is -2.33. The zero-order valence-electron chi connectivity index (χ0n) is 13.2. The van der Waals surface area contributed by atoms with Crippen molar-refractivity contribution >= 4 is 17.3 Å². The Bertz CT molecular complexity index is 308. The monoisotopic (exact) mass is 297 g/mol. The van der Waals surface area contributed by atoms with Crippen LogP contribution in [0.25, 0.3) is 0 Å². The summed E-state index contributed by atoms with van der Waals surface area (Å²) in [7, 11) is 0. The number of likely N-dealkylation sites (N-methyl/N-ethyl adjacent to an activating group) is 1. The molecule has 2 aliphatic rings. The Morgan fingerprint density at radius 2 is 1.85 bits per heavy atom. The van der Waals surface area contributed by atoms with Crippen molar-refractivity contribution in [2.24, 2.45) is 0 Å². The molecule has 0 spiro atoms. The van der Waals surface area contributed by atoms with Crippen LogP contribution in [0.15, 0.2) is 0 Å². The average Bonchev–Trinajstić information content (AvgIpc) is 2.79. The van der Waals surface area contributed by atoms with Crippen molar-refractivity contribution in [2.75, 3.05) is 26.2 Å². The number of rotatable bonds is 4. The molecule has 0 aromatic carbocycles. The Labute approximate surface area is 130 Å². The molecule has 20 heavy (non-hydrogen) atoms. The van der Waals surface area contributed by atoms with E-state index in [-0.39, 0.29) is 0 Å². The average molecular weight is 298 g/mol. The fourth-order valence-electron chi connectivity index (χ4n) is 3.72. The van der Waals surface area contributed by atoms with Crippen molar-refractivity contribution in [2.45, 2.75) is 70.9 Å². The number of hydrogen-bond acceptors (Lipinski definition) is 2. The van der Waals surface area contributed by atoms with E-state index in [1.165, 1.54) is 58.0 Å². The molecule has 2 rings (SSSR count). The second kappa shape index (κ2) is 8.18. The van der Waals surface area contributed by atoms with Crippen LogP contribution in [0.4, 0.5) is 0 Å². The first kappa shape index (κ1) is 16.0. The number of nitrogens with one attached hydrogen (secondary N) is 1. The summed E-state index contributed by atoms with van der Waals surface area (Å²) in [6.45, 7) is 9.16. The first-order valence-corrected chi connectivity index (χ1v) is 8.95. The lowest BCUT2D eigenvalue weighted by molar-refractivity contribution is 0.260. The van der Waals surface area contributed by atoms with Gasteiger partial charge in [0.2, 0.25) is 0 Å². The van der Waals surface area contributed by atoms with Crippen molar-refractivity contribution in [1.82, 2.24) is 15.1 Å². The van der Waals surface area contributed by atoms with E-state index in [4.69, 9.17) is 12.2 Å². The minimum absolute atomic E-state index is 0.656. The predicted molar refractivity (Wildman–Crippen MR) is 90.1 cm³/mol. The fourth-order valence-corrected chi connectivity index (χ4v) is 4.04. The van der Waals surface area contributed by atoms with Gasteiger partial charge in [0.25, 0.3) is 0 Å². The van der Waals surface area contributed by atoms with Gasteiger partial charge in [0, 0.05) is 25.2 Å². The number of thiocarbonyl (C=S) groups is 1. The molecule has 0 aromatic rings. The molecule has 2 aliphatic heterocycles. The molecule has 3 nitrogen and oxygen atoms in total. The molecular weight excluding hydrogens is 266 g/mol. The highest BCUT2D eigenvalue weighted by Gasteiger charge is 2.25. The molecule has 0 bridgehead atoms. The second-order valence-corrected chi connectivity index (χ2v) is 6.60. The third-order valence-electron chi connectivity index (χ3n) is 5.00. The van der Waals surface area contributed by atoms with Crippen LogP contribution in [0.2, 0.25) is 0 Å². The van der Waals surface area contributed by atoms with Gasteiger partial charge >= 0.3 is 0 Å². The van der Waals surface area contributed by atoms with E-state index >= 15 is 0 Å². The predicted octanol–water partition coefficient (Wildman–Crippen LogP) is 3.00. The first-order chi connectivity index (χ1) is 9.76. The molecule has 4 heteroatoms. The van der Waals surface area contributed by atoms with Gasteiger partial charge in [-0.15, -0.1) is 0 Å². The maximum Gasteiger partial charge on any atom is 0.169 e. The van der Waals surface area contributed by atoms with Gasteiger partial charge in [-0.05, 0) is 57.4 Å². The standard InChI is InChI=1S/C16H31N3S/c1-3-14-9-6-5-7-12-19(14)16(20)17-13-15-10-8-11-18(15)4-2/h14-15H,3-13H2,1-2H3,(H,17,20). The van der Waals surface area contributed by atoms with Gasteiger partial charge < -0.3 is 10.2 Å². The summed E-state index contributed by atoms with van der Waals surface area (Å²) >= 11 is 5.68. The lowest BCUT2D eigenvalue weighted by Crippen LogP contribution is -2.49. The Balaban J connectivity index is 1.83. The summed E-state index contributed by atoms with van der Waals surface area (Å²) in [5.41, 5.74) is 0. The summed E-state index contributed by atoms with van der Waals surface area (Å²) < 4.78 is 0. The van der Waals surface area contributed by atoms with Crippen LogP contribution in [0.3, 0.4) is 0 Å². The molecule has 1 N–H and O–H groups in total. The third kappa shape index (κ3) is 4.08. The minimum atomic E-state index is 0.656. The van der Waals surface area contributed by atoms with Crippen molar-refractivity contribution in [3.8, 4) is 0 Å². The maximum atomic E-state index is 5.68. The van der Waals surface area contributed by atoms with Crippen molar-refractivity contribution < 1.29 is 0 Å². The van der Waals surface area contributed by atoms with Crippen molar-refractivity contribution in [1.29, 1.82) is 0 Å². The molecule has 0 aliphatic carbocycles. The van der Waals surface area contributed by atoms with Crippen LogP contribution in [0, 0.1) is 0 Å². The van der Waals surface area contributed by atoms with E-state index in [1.54, 1.807) is 0 Å². The molecule has 2 atom stereocenters. The maximum absolute atomic E-state index is 5.68. The van der Waals surface area contributed by atoms with Crippen molar-refractivity contribution in [3.63, 3.8) is 0 Å². The largest absolute Gasteiger partial charge is 0.361 e. The summed E-state index contributed by atoms with van der Waals surface area (Å²) in [5, 5.41) is 4.57. The van der Waals surface area contributed by atoms with E-state index in [2.05, 4.69) is 29.0 Å². The van der Waals surface area contributed by atoms with Gasteiger partial charge in [0.15, 0.2) is 5.11 Å². The Hall–Kier alpha value is -0.350. The molecule has 0 saturated carbocycles. The van der Waals surface area contributed by atoms with Crippen molar-refractivity contribution in [3.05, 3.63) is 0 Å². The van der Waals surface area contributed by atoms with Crippen LogP contribution in [0.5, 0.6) is 0 Å². The Morgan fingerprint density at radius 3 is 2.60 bits per heavy atom. The Kier molecular flexibility index (Phi) is 6.56. The van der Waals surface area contributed by atoms with Crippen LogP contribution < -0.4 is 5.32 Å². The third-order valence-corrected chi connectivity index (χ3v) is 5.38. The zero-order valence-corrected chi connectivity index (χ0v) is 14.1. The lowest BCUT2D eigenvalue weighted by atomic mass is 10.1. The molecule has 2 unspecified atom stereocenters. The molecule has 0 amide bonds. The highest BCUT2D eigenvalue weighted by atomic mass is 32.1. The van der Waals surface area contributed by atoms with E-state index < -0.39 is 0 Å². The molecule has 0 radical (unpaired) electrons. The summed E-state index contributed by atoms with van der Waals surface area (Å²) in [6.07, 6.45) is 9.21. The smallest absolute Gasteiger partial charge is 0.169 e. The van der Waals surface area contributed by atoms with Gasteiger partial charge in [-0.1, -0.05) is 26.7 Å². The minimum Gasteiger partial charge on any atom is -0.361 e. The second-order valence-electron chi connectivity index (χ2n) is 6.22. The molecule has 2 saturated heterocycles. The summed E-state index contributed by atoms with van der Waals surface area (Å²) in [4.78, 5) is 5.04. The molecule has 2 heterocycles. The van der Waals surface area contributed by atoms with Gasteiger partial charge in [-0.25, -0.2) is 0 Å². The van der Waals surface area contributed by atoms with E-state index in [0.717, 1.165) is 18.2 Å². The topological polar surface area (TPSA) is 18.5 Å². The van der Waals surface area contributed by atoms with E-state index in [1.807, 2.05) is 0 Å². The SMILES string of the molecule is CCC1CCCCCN1C(=S)NCC1CCCN1CC. The van der Waals surface area contributed by atoms with Crippen LogP contribution in [-0.4, -0.2) is 53.2 Å². The highest BCUT2D eigenvalue weighted by molar-refractivity contribution is 7.80.